The van der Waals surface area contributed by atoms with Gasteiger partial charge >= 0.3 is 0 Å². The first kappa shape index (κ1) is 16.2. The lowest BCUT2D eigenvalue weighted by Crippen LogP contribution is -2.26. The van der Waals surface area contributed by atoms with Gasteiger partial charge in [0.05, 0.1) is 11.6 Å². The van der Waals surface area contributed by atoms with E-state index in [0.29, 0.717) is 22.0 Å². The van der Waals surface area contributed by atoms with E-state index in [9.17, 15) is 4.79 Å². The molecule has 0 aliphatic rings. The minimum absolute atomic E-state index is 0.227. The Morgan fingerprint density at radius 2 is 2.04 bits per heavy atom. The third kappa shape index (κ3) is 3.30. The van der Waals surface area contributed by atoms with Gasteiger partial charge in [-0.2, -0.15) is 5.26 Å². The molecule has 6 heteroatoms. The number of carbonyl (C=O) groups excluding carboxylic acids is 1. The van der Waals surface area contributed by atoms with Crippen molar-refractivity contribution in [1.29, 1.82) is 5.26 Å². The van der Waals surface area contributed by atoms with Gasteiger partial charge in [0.15, 0.2) is 0 Å². The Kier molecular flexibility index (Phi) is 4.61. The molecule has 0 radical (unpaired) electrons. The number of rotatable bonds is 3. The average Bonchev–Trinajstić information content (AvgIpc) is 3.10. The Morgan fingerprint density at radius 3 is 2.79 bits per heavy atom. The number of nitriles is 1. The fourth-order valence-corrected chi connectivity index (χ4v) is 3.18. The number of thiazole rings is 1. The van der Waals surface area contributed by atoms with Crippen LogP contribution >= 0.6 is 22.9 Å². The van der Waals surface area contributed by atoms with Crippen molar-refractivity contribution in [1.82, 2.24) is 4.98 Å². The van der Waals surface area contributed by atoms with E-state index in [1.54, 1.807) is 42.8 Å². The van der Waals surface area contributed by atoms with E-state index >= 15 is 0 Å². The number of halogens is 1. The fraction of sp³-hybridized carbons (Fsp3) is 0.0556. The van der Waals surface area contributed by atoms with Crippen molar-refractivity contribution in [2.75, 3.05) is 11.9 Å². The standard InChI is InChI=1S/C18H12ClN3OS/c1-22(15-7-2-4-12(8-15)10-20)18(23)16-11-24-17(21-16)13-5-3-6-14(19)9-13/h2-9,11H,1H3. The summed E-state index contributed by atoms with van der Waals surface area (Å²) in [6.07, 6.45) is 0. The van der Waals surface area contributed by atoms with Crippen LogP contribution in [0.2, 0.25) is 5.02 Å². The molecule has 0 aliphatic heterocycles. The second kappa shape index (κ2) is 6.83. The SMILES string of the molecule is CN(C(=O)c1csc(-c2cccc(Cl)c2)n1)c1cccc(C#N)c1. The van der Waals surface area contributed by atoms with Crippen molar-refractivity contribution in [3.8, 4) is 16.6 Å². The van der Waals surface area contributed by atoms with Crippen LogP contribution in [0.15, 0.2) is 53.9 Å². The van der Waals surface area contributed by atoms with Crippen LogP contribution in [0.25, 0.3) is 10.6 Å². The zero-order valence-electron chi connectivity index (χ0n) is 12.7. The van der Waals surface area contributed by atoms with Crippen LogP contribution in [0.4, 0.5) is 5.69 Å². The highest BCUT2D eigenvalue weighted by molar-refractivity contribution is 7.13. The first-order valence-electron chi connectivity index (χ1n) is 7.08. The number of hydrogen-bond acceptors (Lipinski definition) is 4. The second-order valence-electron chi connectivity index (χ2n) is 5.07. The van der Waals surface area contributed by atoms with E-state index < -0.39 is 0 Å². The van der Waals surface area contributed by atoms with Gasteiger partial charge in [-0.05, 0) is 30.3 Å². The van der Waals surface area contributed by atoms with Crippen molar-refractivity contribution in [3.05, 3.63) is 70.2 Å². The zero-order chi connectivity index (χ0) is 17.1. The number of hydrogen-bond donors (Lipinski definition) is 0. The summed E-state index contributed by atoms with van der Waals surface area (Å²) in [5.74, 6) is -0.227. The molecule has 3 aromatic rings. The first-order valence-corrected chi connectivity index (χ1v) is 8.34. The highest BCUT2D eigenvalue weighted by Crippen LogP contribution is 2.27. The summed E-state index contributed by atoms with van der Waals surface area (Å²) in [4.78, 5) is 18.5. The molecule has 1 amide bonds. The van der Waals surface area contributed by atoms with Crippen LogP contribution < -0.4 is 4.90 Å². The van der Waals surface area contributed by atoms with E-state index in [-0.39, 0.29) is 5.91 Å². The molecule has 2 aromatic carbocycles. The van der Waals surface area contributed by atoms with Gasteiger partial charge in [0.1, 0.15) is 10.7 Å². The smallest absolute Gasteiger partial charge is 0.277 e. The maximum Gasteiger partial charge on any atom is 0.277 e. The van der Waals surface area contributed by atoms with Crippen molar-refractivity contribution < 1.29 is 4.79 Å². The Bertz CT molecular complexity index is 945. The molecule has 0 atom stereocenters. The molecule has 0 N–H and O–H groups in total. The van der Waals surface area contributed by atoms with Gasteiger partial charge in [0.25, 0.3) is 5.91 Å². The molecule has 1 heterocycles. The molecule has 0 saturated heterocycles. The number of amides is 1. The topological polar surface area (TPSA) is 57.0 Å². The van der Waals surface area contributed by atoms with Crippen LogP contribution in [0, 0.1) is 11.3 Å². The molecule has 4 nitrogen and oxygen atoms in total. The quantitative estimate of drug-likeness (QED) is 0.690. The predicted octanol–water partition coefficient (Wildman–Crippen LogP) is 4.61. The Morgan fingerprint density at radius 1 is 1.25 bits per heavy atom. The van der Waals surface area contributed by atoms with E-state index in [1.807, 2.05) is 18.2 Å². The van der Waals surface area contributed by atoms with Gasteiger partial charge in [-0.3, -0.25) is 4.79 Å². The first-order chi connectivity index (χ1) is 11.6. The molecule has 0 saturated carbocycles. The van der Waals surface area contributed by atoms with Crippen LogP contribution in [0.3, 0.4) is 0 Å². The zero-order valence-corrected chi connectivity index (χ0v) is 14.3. The predicted molar refractivity (Wildman–Crippen MR) is 96.5 cm³/mol. The molecule has 0 unspecified atom stereocenters. The molecule has 0 spiro atoms. The van der Waals surface area contributed by atoms with Crippen molar-refractivity contribution in [2.45, 2.75) is 0 Å². The minimum Gasteiger partial charge on any atom is -0.310 e. The summed E-state index contributed by atoms with van der Waals surface area (Å²) in [5.41, 5.74) is 2.39. The van der Waals surface area contributed by atoms with E-state index in [2.05, 4.69) is 11.1 Å². The summed E-state index contributed by atoms with van der Waals surface area (Å²) >= 11 is 7.39. The molecule has 0 bridgehead atoms. The molecule has 1 aromatic heterocycles. The lowest BCUT2D eigenvalue weighted by molar-refractivity contribution is 0.0989. The maximum absolute atomic E-state index is 12.6. The lowest BCUT2D eigenvalue weighted by Gasteiger charge is -2.16. The van der Waals surface area contributed by atoms with E-state index in [4.69, 9.17) is 16.9 Å². The van der Waals surface area contributed by atoms with Gasteiger partial charge in [-0.15, -0.1) is 11.3 Å². The van der Waals surface area contributed by atoms with Crippen LogP contribution in [-0.2, 0) is 0 Å². The van der Waals surface area contributed by atoms with Crippen LogP contribution in [0.5, 0.6) is 0 Å². The van der Waals surface area contributed by atoms with Crippen LogP contribution in [-0.4, -0.2) is 17.9 Å². The summed E-state index contributed by atoms with van der Waals surface area (Å²) < 4.78 is 0. The minimum atomic E-state index is -0.227. The van der Waals surface area contributed by atoms with Gasteiger partial charge in [-0.1, -0.05) is 29.8 Å². The average molecular weight is 354 g/mol. The van der Waals surface area contributed by atoms with Crippen molar-refractivity contribution >= 4 is 34.5 Å². The fourth-order valence-electron chi connectivity index (χ4n) is 2.20. The molecule has 118 valence electrons. The van der Waals surface area contributed by atoms with Crippen LogP contribution in [0.1, 0.15) is 16.1 Å². The van der Waals surface area contributed by atoms with Gasteiger partial charge < -0.3 is 4.90 Å². The molecular formula is C18H12ClN3OS. The molecular weight excluding hydrogens is 342 g/mol. The maximum atomic E-state index is 12.6. The van der Waals surface area contributed by atoms with Gasteiger partial charge in [0, 0.05) is 28.7 Å². The van der Waals surface area contributed by atoms with E-state index in [1.165, 1.54) is 16.2 Å². The van der Waals surface area contributed by atoms with Crippen molar-refractivity contribution in [3.63, 3.8) is 0 Å². The molecule has 24 heavy (non-hydrogen) atoms. The monoisotopic (exact) mass is 353 g/mol. The summed E-state index contributed by atoms with van der Waals surface area (Å²) in [6.45, 7) is 0. The normalized spacial score (nSPS) is 10.2. The van der Waals surface area contributed by atoms with Gasteiger partial charge in [0.2, 0.25) is 0 Å². The Labute approximate surface area is 148 Å². The summed E-state index contributed by atoms with van der Waals surface area (Å²) in [7, 11) is 1.66. The highest BCUT2D eigenvalue weighted by atomic mass is 35.5. The van der Waals surface area contributed by atoms with Gasteiger partial charge in [-0.25, -0.2) is 4.98 Å². The summed E-state index contributed by atoms with van der Waals surface area (Å²) in [6, 6.07) is 16.3. The number of carbonyl (C=O) groups is 1. The molecule has 0 fully saturated rings. The lowest BCUT2D eigenvalue weighted by atomic mass is 10.2. The Balaban J connectivity index is 1.87. The number of nitrogens with zero attached hydrogens (tertiary/aromatic N) is 3. The van der Waals surface area contributed by atoms with E-state index in [0.717, 1.165) is 10.6 Å². The van der Waals surface area contributed by atoms with Crippen molar-refractivity contribution in [2.24, 2.45) is 0 Å². The second-order valence-corrected chi connectivity index (χ2v) is 6.37. The molecule has 3 rings (SSSR count). The highest BCUT2D eigenvalue weighted by Gasteiger charge is 2.17. The number of aromatic nitrogens is 1. The summed E-state index contributed by atoms with van der Waals surface area (Å²) in [5, 5.41) is 12.1. The number of benzene rings is 2. The molecule has 0 aliphatic carbocycles. The number of anilines is 1. The third-order valence-corrected chi connectivity index (χ3v) is 4.59. The largest absolute Gasteiger partial charge is 0.310 e. The Hall–Kier alpha value is -2.68. The third-order valence-electron chi connectivity index (χ3n) is 3.46.